The van der Waals surface area contributed by atoms with Crippen LogP contribution < -0.4 is 15.6 Å². The van der Waals surface area contributed by atoms with Crippen LogP contribution in [0, 0.1) is 0 Å². The van der Waals surface area contributed by atoms with Crippen molar-refractivity contribution in [3.8, 4) is 0 Å². The first-order valence-electron chi connectivity index (χ1n) is 11.1. The topological polar surface area (TPSA) is 78.7 Å². The van der Waals surface area contributed by atoms with Gasteiger partial charge in [-0.15, -0.1) is 0 Å². The molecule has 4 N–H and O–H groups in total. The van der Waals surface area contributed by atoms with Crippen LogP contribution in [0.1, 0.15) is 29.2 Å². The van der Waals surface area contributed by atoms with Gasteiger partial charge < -0.3 is 15.3 Å². The summed E-state index contributed by atoms with van der Waals surface area (Å²) in [4.78, 5) is 17.3. The van der Waals surface area contributed by atoms with Gasteiger partial charge in [0.05, 0.1) is 17.7 Å². The fraction of sp³-hybridized carbons (Fsp3) is 0.280. The van der Waals surface area contributed by atoms with Crippen molar-refractivity contribution in [3.63, 3.8) is 0 Å². The van der Waals surface area contributed by atoms with Crippen molar-refractivity contribution in [2.24, 2.45) is 0 Å². The predicted octanol–water partition coefficient (Wildman–Crippen LogP) is 5.17. The van der Waals surface area contributed by atoms with Crippen molar-refractivity contribution in [3.05, 3.63) is 88.6 Å². The van der Waals surface area contributed by atoms with Crippen LogP contribution in [-0.2, 0) is 12.6 Å². The van der Waals surface area contributed by atoms with Gasteiger partial charge in [-0.05, 0) is 35.7 Å². The van der Waals surface area contributed by atoms with Crippen LogP contribution in [0.4, 0.5) is 29.5 Å². The zero-order valence-electron chi connectivity index (χ0n) is 18.6. The second-order valence-corrected chi connectivity index (χ2v) is 8.74. The van der Waals surface area contributed by atoms with Crippen LogP contribution >= 0.6 is 11.6 Å². The molecule has 0 bridgehead atoms. The van der Waals surface area contributed by atoms with E-state index < -0.39 is 17.8 Å². The van der Waals surface area contributed by atoms with Crippen molar-refractivity contribution in [1.29, 1.82) is 0 Å². The molecular weight excluding hydrogens is 481 g/mol. The Labute approximate surface area is 205 Å². The molecule has 0 spiro atoms. The smallest absolute Gasteiger partial charge is 0.389 e. The summed E-state index contributed by atoms with van der Waals surface area (Å²) in [5.41, 5.74) is 1.85. The van der Waals surface area contributed by atoms with Crippen molar-refractivity contribution < 1.29 is 28.1 Å². The normalized spacial score (nSPS) is 16.4. The number of aliphatic hydroxyl groups is 1. The van der Waals surface area contributed by atoms with E-state index in [1.54, 1.807) is 17.0 Å². The highest BCUT2D eigenvalue weighted by molar-refractivity contribution is 6.32. The van der Waals surface area contributed by atoms with Gasteiger partial charge >= 0.3 is 12.2 Å². The highest BCUT2D eigenvalue weighted by atomic mass is 35.5. The number of carbonyl (C=O) groups is 1. The minimum Gasteiger partial charge on any atom is -0.389 e. The second kappa shape index (κ2) is 10.5. The Balaban J connectivity index is 1.47. The van der Waals surface area contributed by atoms with Crippen LogP contribution in [0.25, 0.3) is 0 Å². The number of carbonyl (C=O) groups excluding carboxylic acids is 1. The quantitative estimate of drug-likeness (QED) is 0.432. The molecule has 2 heterocycles. The molecule has 1 aliphatic rings. The third-order valence-corrected chi connectivity index (χ3v) is 6.23. The van der Waals surface area contributed by atoms with Crippen molar-refractivity contribution >= 4 is 29.1 Å². The number of anilines is 2. The van der Waals surface area contributed by atoms with Gasteiger partial charge in [-0.2, -0.15) is 13.2 Å². The molecule has 0 saturated carbocycles. The number of halogens is 4. The molecule has 2 amide bonds. The number of para-hydroxylation sites is 1. The van der Waals surface area contributed by atoms with Gasteiger partial charge in [0.2, 0.25) is 0 Å². The maximum atomic E-state index is 13.1. The number of rotatable bonds is 6. The summed E-state index contributed by atoms with van der Waals surface area (Å²) in [5, 5.41) is 16.4. The highest BCUT2D eigenvalue weighted by Crippen LogP contribution is 2.34. The molecule has 0 fully saturated rings. The van der Waals surface area contributed by atoms with Crippen molar-refractivity contribution in [2.75, 3.05) is 23.7 Å². The molecule has 1 aliphatic heterocycles. The molecule has 0 unspecified atom stereocenters. The Morgan fingerprint density at radius 3 is 2.60 bits per heavy atom. The number of urea groups is 1. The molecule has 0 aliphatic carbocycles. The maximum absolute atomic E-state index is 13.1. The summed E-state index contributed by atoms with van der Waals surface area (Å²) < 4.78 is 38.6. The lowest BCUT2D eigenvalue weighted by Crippen LogP contribution is -2.44. The lowest BCUT2D eigenvalue weighted by molar-refractivity contribution is -0.364. The van der Waals surface area contributed by atoms with E-state index in [4.69, 9.17) is 11.6 Å². The molecule has 10 heteroatoms. The summed E-state index contributed by atoms with van der Waals surface area (Å²) >= 11 is 5.98. The number of nitrogens with one attached hydrogen (secondary N) is 3. The number of benzene rings is 2. The fourth-order valence-electron chi connectivity index (χ4n) is 4.19. The summed E-state index contributed by atoms with van der Waals surface area (Å²) in [6.45, 7) is 0.507. The van der Waals surface area contributed by atoms with E-state index in [1.165, 1.54) is 0 Å². The van der Waals surface area contributed by atoms with E-state index in [2.05, 4.69) is 15.6 Å². The van der Waals surface area contributed by atoms with Crippen LogP contribution in [-0.4, -0.2) is 35.2 Å². The summed E-state index contributed by atoms with van der Waals surface area (Å²) in [6, 6.07) is 17.1. The first-order valence-corrected chi connectivity index (χ1v) is 11.5. The van der Waals surface area contributed by atoms with Crippen molar-refractivity contribution in [2.45, 2.75) is 31.2 Å². The zero-order valence-corrected chi connectivity index (χ0v) is 19.4. The number of hydrogen-bond donors (Lipinski definition) is 3. The average Bonchev–Trinajstić information content (AvgIpc) is 2.83. The number of fused-ring (bicyclic) bond motifs is 1. The van der Waals surface area contributed by atoms with Crippen LogP contribution in [0.3, 0.4) is 0 Å². The third kappa shape index (κ3) is 6.04. The lowest BCUT2D eigenvalue weighted by Gasteiger charge is -2.38. The van der Waals surface area contributed by atoms with Crippen LogP contribution in [0.5, 0.6) is 0 Å². The Kier molecular flexibility index (Phi) is 7.47. The van der Waals surface area contributed by atoms with Crippen LogP contribution in [0.2, 0.25) is 5.02 Å². The summed E-state index contributed by atoms with van der Waals surface area (Å²) in [5.74, 6) is 0.168. The molecule has 1 aromatic heterocycles. The Hall–Kier alpha value is -3.30. The summed E-state index contributed by atoms with van der Waals surface area (Å²) in [7, 11) is 0. The second-order valence-electron chi connectivity index (χ2n) is 8.33. The molecule has 0 saturated heterocycles. The predicted molar refractivity (Wildman–Crippen MR) is 127 cm³/mol. The minimum atomic E-state index is -4.52. The number of pyridine rings is 1. The SMILES string of the molecule is O=C(Nc1ccccc1)N1CCc2ccccc2[C@H]1C[C@H](O)CNc1[nH+]cc(C(F)(F)F)cc1Cl. The Morgan fingerprint density at radius 2 is 1.89 bits per heavy atom. The first kappa shape index (κ1) is 24.8. The molecule has 4 rings (SSSR count). The lowest BCUT2D eigenvalue weighted by atomic mass is 9.89. The molecule has 3 aromatic rings. The molecule has 2 aromatic carbocycles. The largest absolute Gasteiger partial charge is 0.419 e. The summed E-state index contributed by atoms with van der Waals surface area (Å²) in [6.07, 6.45) is -3.70. The number of amides is 2. The van der Waals surface area contributed by atoms with Gasteiger partial charge in [-0.3, -0.25) is 5.32 Å². The van der Waals surface area contributed by atoms with Crippen LogP contribution in [0.15, 0.2) is 66.9 Å². The van der Waals surface area contributed by atoms with Crippen molar-refractivity contribution in [1.82, 2.24) is 4.90 Å². The molecule has 6 nitrogen and oxygen atoms in total. The number of hydrogen-bond acceptors (Lipinski definition) is 3. The number of aromatic nitrogens is 1. The van der Waals surface area contributed by atoms with Gasteiger partial charge in [0.1, 0.15) is 17.8 Å². The molecule has 0 radical (unpaired) electrons. The molecular formula is C25H25ClF3N4O2+. The number of nitrogens with zero attached hydrogens (tertiary/aromatic N) is 1. The Bertz CT molecular complexity index is 1180. The number of aliphatic hydroxyl groups excluding tert-OH is 1. The van der Waals surface area contributed by atoms with E-state index in [1.807, 2.05) is 42.5 Å². The molecule has 35 heavy (non-hydrogen) atoms. The van der Waals surface area contributed by atoms with Gasteiger partial charge in [0, 0.05) is 18.7 Å². The number of aromatic amines is 1. The van der Waals surface area contributed by atoms with Gasteiger partial charge in [-0.1, -0.05) is 54.1 Å². The monoisotopic (exact) mass is 505 g/mol. The highest BCUT2D eigenvalue weighted by Gasteiger charge is 2.34. The van der Waals surface area contributed by atoms with E-state index in [0.29, 0.717) is 18.7 Å². The number of H-pyrrole nitrogens is 1. The standard InChI is InChI=1S/C25H24ClF3N4O2/c26-21-12-17(25(27,28)29)14-30-23(21)31-15-19(34)13-22-20-9-5-4-6-16(20)10-11-33(22)24(35)32-18-7-2-1-3-8-18/h1-9,12,14,19,22,34H,10-11,13,15H2,(H,30,31)(H,32,35)/p+1/t19-,22+/m0/s1. The minimum absolute atomic E-state index is 0.0222. The first-order chi connectivity index (χ1) is 16.7. The van der Waals surface area contributed by atoms with Gasteiger partial charge in [-0.25, -0.2) is 9.78 Å². The molecule has 184 valence electrons. The van der Waals surface area contributed by atoms with E-state index >= 15 is 0 Å². The third-order valence-electron chi connectivity index (χ3n) is 5.93. The average molecular weight is 506 g/mol. The van der Waals surface area contributed by atoms with E-state index in [-0.39, 0.29) is 35.9 Å². The van der Waals surface area contributed by atoms with Gasteiger partial charge in [0.15, 0.2) is 0 Å². The Morgan fingerprint density at radius 1 is 1.17 bits per heavy atom. The van der Waals surface area contributed by atoms with E-state index in [9.17, 15) is 23.1 Å². The number of alkyl halides is 3. The van der Waals surface area contributed by atoms with Gasteiger partial charge in [0.25, 0.3) is 5.82 Å². The molecule has 2 atom stereocenters. The maximum Gasteiger partial charge on any atom is 0.419 e. The van der Waals surface area contributed by atoms with E-state index in [0.717, 1.165) is 23.4 Å². The zero-order chi connectivity index (χ0) is 25.0. The fourth-order valence-corrected chi connectivity index (χ4v) is 4.43.